The van der Waals surface area contributed by atoms with Gasteiger partial charge in [0.05, 0.1) is 19.9 Å². The highest BCUT2D eigenvalue weighted by molar-refractivity contribution is 8.15. The number of benzene rings is 1. The summed E-state index contributed by atoms with van der Waals surface area (Å²) in [5, 5.41) is 5.18. The molecular weight excluding hydrogens is 388 g/mol. The molecule has 1 aliphatic rings. The first kappa shape index (κ1) is 19.2. The molecule has 0 radical (unpaired) electrons. The molecular formula is C17H18N4O4S2. The summed E-state index contributed by atoms with van der Waals surface area (Å²) in [6, 6.07) is 5.10. The summed E-state index contributed by atoms with van der Waals surface area (Å²) in [5.41, 5.74) is 0.517. The van der Waals surface area contributed by atoms with E-state index in [0.717, 1.165) is 0 Å². The highest BCUT2D eigenvalue weighted by Crippen LogP contribution is 2.32. The fourth-order valence-electron chi connectivity index (χ4n) is 2.42. The molecule has 1 aliphatic heterocycles. The summed E-state index contributed by atoms with van der Waals surface area (Å²) in [6.45, 7) is 0. The number of ether oxygens (including phenoxy) is 2. The third-order valence-electron chi connectivity index (χ3n) is 3.80. The zero-order valence-electron chi connectivity index (χ0n) is 15.0. The lowest BCUT2D eigenvalue weighted by Gasteiger charge is -2.12. The van der Waals surface area contributed by atoms with Gasteiger partial charge in [0.25, 0.3) is 0 Å². The van der Waals surface area contributed by atoms with Crippen LogP contribution in [0.5, 0.6) is 11.5 Å². The zero-order valence-corrected chi connectivity index (χ0v) is 16.6. The van der Waals surface area contributed by atoms with Gasteiger partial charge >= 0.3 is 0 Å². The number of carbonyl (C=O) groups excluding carboxylic acids is 2. The third-order valence-corrected chi connectivity index (χ3v) is 5.70. The second-order valence-electron chi connectivity index (χ2n) is 5.53. The van der Waals surface area contributed by atoms with Gasteiger partial charge in [-0.3, -0.25) is 14.5 Å². The van der Waals surface area contributed by atoms with Crippen LogP contribution in [0.2, 0.25) is 0 Å². The summed E-state index contributed by atoms with van der Waals surface area (Å²) in [4.78, 5) is 34.8. The number of carbonyl (C=O) groups is 2. The molecule has 2 aromatic rings. The number of anilines is 1. The van der Waals surface area contributed by atoms with Crippen LogP contribution < -0.4 is 14.8 Å². The normalized spacial score (nSPS) is 18.0. The molecule has 0 bridgehead atoms. The minimum atomic E-state index is -0.530. The van der Waals surface area contributed by atoms with Gasteiger partial charge in [0.15, 0.2) is 5.17 Å². The zero-order chi connectivity index (χ0) is 19.4. The predicted molar refractivity (Wildman–Crippen MR) is 106 cm³/mol. The van der Waals surface area contributed by atoms with Crippen LogP contribution in [0.3, 0.4) is 0 Å². The summed E-state index contributed by atoms with van der Waals surface area (Å²) < 4.78 is 10.4. The molecule has 1 atom stereocenters. The third kappa shape index (κ3) is 4.40. The lowest BCUT2D eigenvalue weighted by atomic mass is 10.2. The molecule has 142 valence electrons. The Labute approximate surface area is 164 Å². The fraction of sp³-hybridized carbons (Fsp3) is 0.294. The molecule has 0 aliphatic carbocycles. The van der Waals surface area contributed by atoms with Crippen molar-refractivity contribution in [1.29, 1.82) is 0 Å². The van der Waals surface area contributed by atoms with Gasteiger partial charge in [-0.2, -0.15) is 4.99 Å². The van der Waals surface area contributed by atoms with E-state index in [-0.39, 0.29) is 18.2 Å². The van der Waals surface area contributed by atoms with E-state index in [0.29, 0.717) is 27.5 Å². The fourth-order valence-corrected chi connectivity index (χ4v) is 4.12. The molecule has 1 saturated heterocycles. The molecule has 10 heteroatoms. The minimum absolute atomic E-state index is 0.0277. The van der Waals surface area contributed by atoms with E-state index in [1.807, 2.05) is 5.38 Å². The SMILES string of the molecule is COc1ccc(NC(=O)CC2SC(=Nc3nccs3)N(C)C2=O)c(OC)c1. The number of aromatic nitrogens is 1. The van der Waals surface area contributed by atoms with E-state index in [9.17, 15) is 9.59 Å². The van der Waals surface area contributed by atoms with Gasteiger partial charge in [0.2, 0.25) is 16.9 Å². The number of thiazole rings is 1. The molecule has 0 saturated carbocycles. The van der Waals surface area contributed by atoms with E-state index >= 15 is 0 Å². The van der Waals surface area contributed by atoms with Gasteiger partial charge in [0, 0.05) is 31.1 Å². The van der Waals surface area contributed by atoms with Crippen LogP contribution in [0.1, 0.15) is 6.42 Å². The smallest absolute Gasteiger partial charge is 0.242 e. The van der Waals surface area contributed by atoms with E-state index < -0.39 is 5.25 Å². The highest BCUT2D eigenvalue weighted by Gasteiger charge is 2.37. The van der Waals surface area contributed by atoms with E-state index in [1.54, 1.807) is 38.6 Å². The second kappa shape index (κ2) is 8.40. The highest BCUT2D eigenvalue weighted by atomic mass is 32.2. The Morgan fingerprint density at radius 1 is 1.37 bits per heavy atom. The monoisotopic (exact) mass is 406 g/mol. The molecule has 2 amide bonds. The number of hydrogen-bond donors (Lipinski definition) is 1. The average Bonchev–Trinajstić information content (AvgIpc) is 3.27. The lowest BCUT2D eigenvalue weighted by Crippen LogP contribution is -2.30. The van der Waals surface area contributed by atoms with Crippen molar-refractivity contribution in [1.82, 2.24) is 9.88 Å². The Bertz CT molecular complexity index is 870. The summed E-state index contributed by atoms with van der Waals surface area (Å²) >= 11 is 2.64. The Kier molecular flexibility index (Phi) is 5.97. The van der Waals surface area contributed by atoms with Gasteiger partial charge in [-0.05, 0) is 12.1 Å². The van der Waals surface area contributed by atoms with Crippen molar-refractivity contribution in [3.05, 3.63) is 29.8 Å². The first-order chi connectivity index (χ1) is 13.0. The number of amides is 2. The van der Waals surface area contributed by atoms with Gasteiger partial charge in [0.1, 0.15) is 16.7 Å². The summed E-state index contributed by atoms with van der Waals surface area (Å²) in [7, 11) is 4.71. The van der Waals surface area contributed by atoms with Crippen LogP contribution in [0.4, 0.5) is 10.8 Å². The minimum Gasteiger partial charge on any atom is -0.497 e. The average molecular weight is 406 g/mol. The molecule has 1 fully saturated rings. The number of rotatable bonds is 6. The molecule has 3 rings (SSSR count). The lowest BCUT2D eigenvalue weighted by molar-refractivity contribution is -0.127. The van der Waals surface area contributed by atoms with Crippen LogP contribution in [0.15, 0.2) is 34.8 Å². The van der Waals surface area contributed by atoms with Gasteiger partial charge in [-0.25, -0.2) is 4.98 Å². The van der Waals surface area contributed by atoms with E-state index in [4.69, 9.17) is 9.47 Å². The number of amidine groups is 1. The number of methoxy groups -OCH3 is 2. The molecule has 27 heavy (non-hydrogen) atoms. The Hall–Kier alpha value is -2.59. The maximum atomic E-state index is 12.4. The number of thioether (sulfide) groups is 1. The number of nitrogens with one attached hydrogen (secondary N) is 1. The standard InChI is InChI=1S/C17H18N4O4S2/c1-21-15(23)13(27-17(21)20-16-18-6-7-26-16)9-14(22)19-11-5-4-10(24-2)8-12(11)25-3/h4-8,13H,9H2,1-3H3,(H,19,22). The van der Waals surface area contributed by atoms with E-state index in [1.165, 1.54) is 35.1 Å². The largest absolute Gasteiger partial charge is 0.497 e. The van der Waals surface area contributed by atoms with Crippen molar-refractivity contribution in [2.24, 2.45) is 4.99 Å². The maximum Gasteiger partial charge on any atom is 0.242 e. The first-order valence-corrected chi connectivity index (χ1v) is 9.72. The van der Waals surface area contributed by atoms with Crippen molar-refractivity contribution in [2.75, 3.05) is 26.6 Å². The number of aliphatic imine (C=N–C) groups is 1. The Morgan fingerprint density at radius 2 is 2.19 bits per heavy atom. The second-order valence-corrected chi connectivity index (χ2v) is 7.57. The van der Waals surface area contributed by atoms with Crippen molar-refractivity contribution in [3.63, 3.8) is 0 Å². The molecule has 1 aromatic heterocycles. The van der Waals surface area contributed by atoms with Crippen molar-refractivity contribution < 1.29 is 19.1 Å². The summed E-state index contributed by atoms with van der Waals surface area (Å²) in [5.74, 6) is 0.660. The molecule has 2 heterocycles. The van der Waals surface area contributed by atoms with Crippen LogP contribution in [0, 0.1) is 0 Å². The molecule has 1 unspecified atom stereocenters. The van der Waals surface area contributed by atoms with E-state index in [2.05, 4.69) is 15.3 Å². The first-order valence-electron chi connectivity index (χ1n) is 7.96. The quantitative estimate of drug-likeness (QED) is 0.793. The van der Waals surface area contributed by atoms with Gasteiger partial charge < -0.3 is 14.8 Å². The van der Waals surface area contributed by atoms with Crippen LogP contribution in [-0.2, 0) is 9.59 Å². The van der Waals surface area contributed by atoms with Crippen LogP contribution >= 0.6 is 23.1 Å². The molecule has 1 aromatic carbocycles. The molecule has 8 nitrogen and oxygen atoms in total. The molecule has 0 spiro atoms. The summed E-state index contributed by atoms with van der Waals surface area (Å²) in [6.07, 6.45) is 1.68. The van der Waals surface area contributed by atoms with Crippen LogP contribution in [-0.4, -0.2) is 53.4 Å². The topological polar surface area (TPSA) is 93.1 Å². The predicted octanol–water partition coefficient (Wildman–Crippen LogP) is 2.75. The Balaban J connectivity index is 1.67. The van der Waals surface area contributed by atoms with Crippen molar-refractivity contribution in [3.8, 4) is 11.5 Å². The van der Waals surface area contributed by atoms with Crippen LogP contribution in [0.25, 0.3) is 0 Å². The van der Waals surface area contributed by atoms with Gasteiger partial charge in [-0.1, -0.05) is 11.8 Å². The number of nitrogens with zero attached hydrogens (tertiary/aromatic N) is 3. The van der Waals surface area contributed by atoms with Crippen molar-refractivity contribution in [2.45, 2.75) is 11.7 Å². The molecule has 1 N–H and O–H groups in total. The maximum absolute atomic E-state index is 12.4. The van der Waals surface area contributed by atoms with Gasteiger partial charge in [-0.15, -0.1) is 11.3 Å². The number of hydrogen-bond acceptors (Lipinski definition) is 8. The Morgan fingerprint density at radius 3 is 2.85 bits per heavy atom. The van der Waals surface area contributed by atoms with Crippen molar-refractivity contribution >= 4 is 50.9 Å².